The molecule has 0 spiro atoms. The third-order valence-corrected chi connectivity index (χ3v) is 3.59. The summed E-state index contributed by atoms with van der Waals surface area (Å²) in [6, 6.07) is 4.79. The average molecular weight is 272 g/mol. The number of benzene rings is 1. The van der Waals surface area contributed by atoms with Gasteiger partial charge in [0, 0.05) is 12.6 Å². The number of hydrogen-bond donors (Lipinski definition) is 1. The first-order valence-electron chi connectivity index (χ1n) is 5.96. The van der Waals surface area contributed by atoms with Gasteiger partial charge >= 0.3 is 5.97 Å². The van der Waals surface area contributed by atoms with E-state index < -0.39 is 11.8 Å². The first-order valence-corrected chi connectivity index (χ1v) is 6.34. The Kier molecular flexibility index (Phi) is 4.19. The highest BCUT2D eigenvalue weighted by Crippen LogP contribution is 2.24. The number of carboxylic acid groups (broad SMARTS) is 1. The summed E-state index contributed by atoms with van der Waals surface area (Å²) in [7, 11) is 0. The van der Waals surface area contributed by atoms with Crippen molar-refractivity contribution in [1.29, 1.82) is 0 Å². The van der Waals surface area contributed by atoms with Crippen molar-refractivity contribution in [2.45, 2.75) is 31.8 Å². The van der Waals surface area contributed by atoms with E-state index in [1.54, 1.807) is 6.07 Å². The summed E-state index contributed by atoms with van der Waals surface area (Å²) < 4.78 is 13.3. The van der Waals surface area contributed by atoms with E-state index in [0.29, 0.717) is 6.54 Å². The lowest BCUT2D eigenvalue weighted by atomic mass is 10.1. The van der Waals surface area contributed by atoms with Crippen LogP contribution in [0, 0.1) is 5.82 Å². The molecular formula is C13H15ClFNO2. The minimum absolute atomic E-state index is 0.0567. The molecule has 98 valence electrons. The van der Waals surface area contributed by atoms with Crippen molar-refractivity contribution < 1.29 is 14.3 Å². The summed E-state index contributed by atoms with van der Waals surface area (Å²) in [6.07, 6.45) is 2.03. The summed E-state index contributed by atoms with van der Waals surface area (Å²) in [5.74, 6) is -1.21. The quantitative estimate of drug-likeness (QED) is 0.915. The Morgan fingerprint density at radius 3 is 3.00 bits per heavy atom. The van der Waals surface area contributed by atoms with Gasteiger partial charge in [0.1, 0.15) is 5.82 Å². The number of rotatable bonds is 4. The Balaban J connectivity index is 2.03. The van der Waals surface area contributed by atoms with E-state index in [4.69, 9.17) is 16.7 Å². The Morgan fingerprint density at radius 1 is 1.56 bits per heavy atom. The zero-order chi connectivity index (χ0) is 13.1. The Labute approximate surface area is 110 Å². The van der Waals surface area contributed by atoms with Gasteiger partial charge in [-0.1, -0.05) is 17.7 Å². The molecule has 1 aromatic rings. The zero-order valence-corrected chi connectivity index (χ0v) is 10.7. The third-order valence-electron chi connectivity index (χ3n) is 3.28. The maximum Gasteiger partial charge on any atom is 0.304 e. The molecule has 1 aromatic carbocycles. The van der Waals surface area contributed by atoms with Gasteiger partial charge in [0.2, 0.25) is 0 Å². The largest absolute Gasteiger partial charge is 0.481 e. The number of carboxylic acids is 1. The molecular weight excluding hydrogens is 257 g/mol. The molecule has 1 saturated heterocycles. The smallest absolute Gasteiger partial charge is 0.304 e. The van der Waals surface area contributed by atoms with Gasteiger partial charge in [-0.05, 0) is 37.1 Å². The highest BCUT2D eigenvalue weighted by atomic mass is 35.5. The van der Waals surface area contributed by atoms with Gasteiger partial charge in [-0.3, -0.25) is 9.69 Å². The topological polar surface area (TPSA) is 40.5 Å². The van der Waals surface area contributed by atoms with Gasteiger partial charge < -0.3 is 5.11 Å². The van der Waals surface area contributed by atoms with E-state index in [-0.39, 0.29) is 17.5 Å². The van der Waals surface area contributed by atoms with Gasteiger partial charge in [-0.25, -0.2) is 4.39 Å². The molecule has 1 N–H and O–H groups in total. The lowest BCUT2D eigenvalue weighted by molar-refractivity contribution is -0.138. The molecule has 1 atom stereocenters. The van der Waals surface area contributed by atoms with Crippen LogP contribution in [-0.4, -0.2) is 28.6 Å². The number of carbonyl (C=O) groups is 1. The molecule has 1 unspecified atom stereocenters. The van der Waals surface area contributed by atoms with Crippen LogP contribution in [0.25, 0.3) is 0 Å². The molecule has 18 heavy (non-hydrogen) atoms. The van der Waals surface area contributed by atoms with Gasteiger partial charge in [0.25, 0.3) is 0 Å². The normalized spacial score (nSPS) is 20.2. The third kappa shape index (κ3) is 3.21. The number of aliphatic carboxylic acids is 1. The van der Waals surface area contributed by atoms with Crippen molar-refractivity contribution in [2.75, 3.05) is 6.54 Å². The fraction of sp³-hybridized carbons (Fsp3) is 0.462. The zero-order valence-electron chi connectivity index (χ0n) is 9.90. The van der Waals surface area contributed by atoms with Crippen LogP contribution in [-0.2, 0) is 11.3 Å². The van der Waals surface area contributed by atoms with Gasteiger partial charge in [-0.15, -0.1) is 0 Å². The second-order valence-electron chi connectivity index (χ2n) is 4.61. The van der Waals surface area contributed by atoms with Crippen molar-refractivity contribution >= 4 is 17.6 Å². The number of halogens is 2. The summed E-state index contributed by atoms with van der Waals surface area (Å²) in [6.45, 7) is 1.44. The lowest BCUT2D eigenvalue weighted by Gasteiger charge is -2.23. The Bertz CT molecular complexity index is 453. The standard InChI is InChI=1S/C13H15ClFNO2/c14-11-4-3-9(6-12(11)15)8-16-5-1-2-10(16)7-13(17)18/h3-4,6,10H,1-2,5,7-8H2,(H,17,18). The van der Waals surface area contributed by atoms with Gasteiger partial charge in [0.15, 0.2) is 0 Å². The predicted molar refractivity (Wildman–Crippen MR) is 67.1 cm³/mol. The van der Waals surface area contributed by atoms with Crippen LogP contribution in [0.1, 0.15) is 24.8 Å². The van der Waals surface area contributed by atoms with E-state index in [2.05, 4.69) is 4.90 Å². The van der Waals surface area contributed by atoms with E-state index in [1.807, 2.05) is 0 Å². The van der Waals surface area contributed by atoms with Crippen molar-refractivity contribution in [3.8, 4) is 0 Å². The molecule has 5 heteroatoms. The fourth-order valence-corrected chi connectivity index (χ4v) is 2.53. The van der Waals surface area contributed by atoms with Crippen LogP contribution < -0.4 is 0 Å². The maximum absolute atomic E-state index is 13.3. The van der Waals surface area contributed by atoms with Crippen molar-refractivity contribution in [3.05, 3.63) is 34.6 Å². The molecule has 0 aliphatic carbocycles. The number of hydrogen-bond acceptors (Lipinski definition) is 2. The van der Waals surface area contributed by atoms with Crippen molar-refractivity contribution in [1.82, 2.24) is 4.90 Å². The maximum atomic E-state index is 13.3. The van der Waals surface area contributed by atoms with E-state index >= 15 is 0 Å². The van der Waals surface area contributed by atoms with Crippen LogP contribution in [0.15, 0.2) is 18.2 Å². The van der Waals surface area contributed by atoms with Crippen LogP contribution in [0.2, 0.25) is 5.02 Å². The molecule has 0 amide bonds. The first-order chi connectivity index (χ1) is 8.56. The molecule has 1 fully saturated rings. The molecule has 1 aliphatic rings. The summed E-state index contributed by atoms with van der Waals surface area (Å²) >= 11 is 5.63. The molecule has 1 heterocycles. The van der Waals surface area contributed by atoms with E-state index in [0.717, 1.165) is 24.9 Å². The minimum Gasteiger partial charge on any atom is -0.481 e. The van der Waals surface area contributed by atoms with Crippen LogP contribution in [0.4, 0.5) is 4.39 Å². The monoisotopic (exact) mass is 271 g/mol. The van der Waals surface area contributed by atoms with Crippen molar-refractivity contribution in [3.63, 3.8) is 0 Å². The first kappa shape index (κ1) is 13.3. The second kappa shape index (κ2) is 5.67. The summed E-state index contributed by atoms with van der Waals surface area (Å²) in [5, 5.41) is 8.95. The number of nitrogens with zero attached hydrogens (tertiary/aromatic N) is 1. The molecule has 3 nitrogen and oxygen atoms in total. The van der Waals surface area contributed by atoms with E-state index in [9.17, 15) is 9.18 Å². The summed E-state index contributed by atoms with van der Waals surface area (Å²) in [4.78, 5) is 12.8. The Hall–Kier alpha value is -1.13. The highest BCUT2D eigenvalue weighted by Gasteiger charge is 2.26. The molecule has 0 saturated carbocycles. The second-order valence-corrected chi connectivity index (χ2v) is 5.02. The average Bonchev–Trinajstić information content (AvgIpc) is 2.70. The lowest BCUT2D eigenvalue weighted by Crippen LogP contribution is -2.30. The predicted octanol–water partition coefficient (Wildman–Crippen LogP) is 2.92. The fourth-order valence-electron chi connectivity index (χ4n) is 2.41. The molecule has 0 bridgehead atoms. The highest BCUT2D eigenvalue weighted by molar-refractivity contribution is 6.30. The molecule has 2 rings (SSSR count). The minimum atomic E-state index is -0.783. The number of likely N-dealkylation sites (tertiary alicyclic amines) is 1. The van der Waals surface area contributed by atoms with Gasteiger partial charge in [-0.2, -0.15) is 0 Å². The molecule has 1 aliphatic heterocycles. The molecule has 0 radical (unpaired) electrons. The Morgan fingerprint density at radius 2 is 2.33 bits per heavy atom. The van der Waals surface area contributed by atoms with Crippen LogP contribution in [0.5, 0.6) is 0 Å². The summed E-state index contributed by atoms with van der Waals surface area (Å²) in [5.41, 5.74) is 0.828. The van der Waals surface area contributed by atoms with Crippen LogP contribution >= 0.6 is 11.6 Å². The molecule has 0 aromatic heterocycles. The van der Waals surface area contributed by atoms with Crippen LogP contribution in [0.3, 0.4) is 0 Å². The SMILES string of the molecule is O=C(O)CC1CCCN1Cc1ccc(Cl)c(F)c1. The van der Waals surface area contributed by atoms with Gasteiger partial charge in [0.05, 0.1) is 11.4 Å². The van der Waals surface area contributed by atoms with Crippen molar-refractivity contribution in [2.24, 2.45) is 0 Å². The van der Waals surface area contributed by atoms with E-state index in [1.165, 1.54) is 12.1 Å².